The predicted molar refractivity (Wildman–Crippen MR) is 64.8 cm³/mol. The van der Waals surface area contributed by atoms with Crippen molar-refractivity contribution < 1.29 is 28.7 Å². The third kappa shape index (κ3) is 2.94. The molecule has 0 spiro atoms. The second-order valence-electron chi connectivity index (χ2n) is 4.93. The monoisotopic (exact) mass is 297 g/mol. The first-order valence-corrected chi connectivity index (χ1v) is 9.07. The van der Waals surface area contributed by atoms with E-state index in [1.54, 1.807) is 0 Å². The van der Waals surface area contributed by atoms with Crippen molar-refractivity contribution in [3.63, 3.8) is 0 Å². The van der Waals surface area contributed by atoms with Crippen LogP contribution in [0.25, 0.3) is 0 Å². The highest BCUT2D eigenvalue weighted by Crippen LogP contribution is 2.59. The van der Waals surface area contributed by atoms with Crippen molar-refractivity contribution in [1.82, 2.24) is 5.32 Å². The predicted octanol–water partition coefficient (Wildman–Crippen LogP) is 0.570. The van der Waals surface area contributed by atoms with E-state index in [0.717, 1.165) is 12.8 Å². The van der Waals surface area contributed by atoms with Gasteiger partial charge in [0.2, 0.25) is 5.52 Å². The van der Waals surface area contributed by atoms with E-state index in [2.05, 4.69) is 11.4 Å². The normalized spacial score (nSPS) is 32.2. The SMILES string of the molecule is O=P(O)(O)C(NC1CC2CC=CCC21)P(=O)(O)O. The molecule has 0 bridgehead atoms. The highest BCUT2D eigenvalue weighted by Gasteiger charge is 2.49. The van der Waals surface area contributed by atoms with E-state index < -0.39 is 20.7 Å². The Kier molecular flexibility index (Phi) is 3.87. The average molecular weight is 297 g/mol. The molecule has 104 valence electrons. The van der Waals surface area contributed by atoms with Crippen LogP contribution in [0.15, 0.2) is 12.2 Å². The molecule has 0 heterocycles. The van der Waals surface area contributed by atoms with Crippen molar-refractivity contribution in [1.29, 1.82) is 0 Å². The van der Waals surface area contributed by atoms with E-state index in [1.807, 2.05) is 6.08 Å². The second kappa shape index (κ2) is 4.84. The molecule has 0 aromatic rings. The number of allylic oxidation sites excluding steroid dienone is 2. The van der Waals surface area contributed by atoms with Crippen LogP contribution < -0.4 is 5.32 Å². The van der Waals surface area contributed by atoms with Crippen molar-refractivity contribution in [3.05, 3.63) is 12.2 Å². The zero-order valence-electron chi connectivity index (χ0n) is 9.59. The lowest BCUT2D eigenvalue weighted by molar-refractivity contribution is 0.100. The minimum Gasteiger partial charge on any atom is -0.323 e. The molecule has 1 saturated carbocycles. The molecule has 5 N–H and O–H groups in total. The van der Waals surface area contributed by atoms with Crippen LogP contribution in [0.4, 0.5) is 0 Å². The summed E-state index contributed by atoms with van der Waals surface area (Å²) in [4.78, 5) is 36.1. The molecule has 1 fully saturated rings. The second-order valence-corrected chi connectivity index (χ2v) is 8.72. The molecule has 0 aliphatic heterocycles. The van der Waals surface area contributed by atoms with Gasteiger partial charge in [-0.1, -0.05) is 12.2 Å². The molecule has 7 nitrogen and oxygen atoms in total. The fourth-order valence-electron chi connectivity index (χ4n) is 2.73. The Bertz CT molecular complexity index is 418. The van der Waals surface area contributed by atoms with Gasteiger partial charge >= 0.3 is 15.2 Å². The van der Waals surface area contributed by atoms with Gasteiger partial charge in [0.1, 0.15) is 0 Å². The van der Waals surface area contributed by atoms with Crippen LogP contribution in [0, 0.1) is 11.8 Å². The molecule has 0 aromatic heterocycles. The lowest BCUT2D eigenvalue weighted by atomic mass is 9.64. The van der Waals surface area contributed by atoms with Gasteiger partial charge in [-0.05, 0) is 31.1 Å². The van der Waals surface area contributed by atoms with Gasteiger partial charge in [0.25, 0.3) is 0 Å². The molecule has 0 saturated heterocycles. The minimum atomic E-state index is -4.87. The van der Waals surface area contributed by atoms with E-state index in [0.29, 0.717) is 12.3 Å². The van der Waals surface area contributed by atoms with Crippen molar-refractivity contribution in [3.8, 4) is 0 Å². The largest absolute Gasteiger partial charge is 0.354 e. The minimum absolute atomic E-state index is 0.218. The van der Waals surface area contributed by atoms with E-state index >= 15 is 0 Å². The van der Waals surface area contributed by atoms with Gasteiger partial charge in [0, 0.05) is 6.04 Å². The molecule has 2 aliphatic carbocycles. The van der Waals surface area contributed by atoms with Gasteiger partial charge < -0.3 is 19.6 Å². The molecule has 18 heavy (non-hydrogen) atoms. The summed E-state index contributed by atoms with van der Waals surface area (Å²) in [5, 5.41) is 2.47. The van der Waals surface area contributed by atoms with Crippen LogP contribution in [-0.4, -0.2) is 31.1 Å². The third-order valence-electron chi connectivity index (χ3n) is 3.69. The van der Waals surface area contributed by atoms with Crippen molar-refractivity contribution >= 4 is 15.2 Å². The molecular formula is C9H17NO6P2. The van der Waals surface area contributed by atoms with Gasteiger partial charge in [0.05, 0.1) is 0 Å². The van der Waals surface area contributed by atoms with E-state index in [1.165, 1.54) is 0 Å². The first kappa shape index (κ1) is 14.4. The van der Waals surface area contributed by atoms with E-state index in [9.17, 15) is 9.13 Å². The molecular weight excluding hydrogens is 280 g/mol. The van der Waals surface area contributed by atoms with Crippen LogP contribution in [0.5, 0.6) is 0 Å². The van der Waals surface area contributed by atoms with Gasteiger partial charge in [-0.15, -0.1) is 0 Å². The quantitative estimate of drug-likeness (QED) is 0.379. The van der Waals surface area contributed by atoms with Gasteiger partial charge in [0.15, 0.2) is 0 Å². The summed E-state index contributed by atoms with van der Waals surface area (Å²) in [6, 6.07) is -0.231. The maximum absolute atomic E-state index is 11.1. The number of nitrogens with one attached hydrogen (secondary N) is 1. The molecule has 3 unspecified atom stereocenters. The topological polar surface area (TPSA) is 127 Å². The molecule has 9 heteroatoms. The summed E-state index contributed by atoms with van der Waals surface area (Å²) >= 11 is 0. The molecule has 0 radical (unpaired) electrons. The van der Waals surface area contributed by atoms with Gasteiger partial charge in [-0.25, -0.2) is 0 Å². The van der Waals surface area contributed by atoms with Crippen LogP contribution >= 0.6 is 15.2 Å². The maximum Gasteiger partial charge on any atom is 0.354 e. The Hall–Kier alpha value is -0.0000000000000000971. The van der Waals surface area contributed by atoms with Crippen LogP contribution in [0.3, 0.4) is 0 Å². The van der Waals surface area contributed by atoms with E-state index in [4.69, 9.17) is 19.6 Å². The van der Waals surface area contributed by atoms with Crippen LogP contribution in [-0.2, 0) is 9.13 Å². The summed E-state index contributed by atoms with van der Waals surface area (Å²) in [6.45, 7) is 0. The molecule has 2 aliphatic rings. The zero-order valence-corrected chi connectivity index (χ0v) is 11.4. The summed E-state index contributed by atoms with van der Waals surface area (Å²) in [5.74, 6) is 0.678. The summed E-state index contributed by atoms with van der Waals surface area (Å²) in [5.41, 5.74) is -2.08. The Labute approximate surface area is 105 Å². The zero-order chi connectivity index (χ0) is 13.6. The van der Waals surface area contributed by atoms with Crippen LogP contribution in [0.1, 0.15) is 19.3 Å². The van der Waals surface area contributed by atoms with Gasteiger partial charge in [-0.3, -0.25) is 14.4 Å². The molecule has 3 atom stereocenters. The van der Waals surface area contributed by atoms with Crippen molar-refractivity contribution in [2.24, 2.45) is 11.8 Å². The Morgan fingerprint density at radius 1 is 1.06 bits per heavy atom. The fourth-order valence-corrected chi connectivity index (χ4v) is 5.07. The average Bonchev–Trinajstić information content (AvgIpc) is 2.15. The number of hydrogen-bond donors (Lipinski definition) is 5. The molecule has 0 aromatic carbocycles. The lowest BCUT2D eigenvalue weighted by Gasteiger charge is -2.47. The molecule has 2 rings (SSSR count). The summed E-state index contributed by atoms with van der Waals surface area (Å²) < 4.78 is 22.3. The van der Waals surface area contributed by atoms with Gasteiger partial charge in [-0.2, -0.15) is 0 Å². The highest BCUT2D eigenvalue weighted by molar-refractivity contribution is 7.70. The Morgan fingerprint density at radius 2 is 1.61 bits per heavy atom. The number of hydrogen-bond acceptors (Lipinski definition) is 3. The molecule has 0 amide bonds. The third-order valence-corrected chi connectivity index (χ3v) is 7.07. The summed E-state index contributed by atoms with van der Waals surface area (Å²) in [7, 11) is -9.74. The highest BCUT2D eigenvalue weighted by atomic mass is 31.2. The Morgan fingerprint density at radius 3 is 2.11 bits per heavy atom. The first-order valence-electron chi connectivity index (χ1n) is 5.71. The summed E-state index contributed by atoms with van der Waals surface area (Å²) in [6.07, 6.45) is 6.49. The van der Waals surface area contributed by atoms with E-state index in [-0.39, 0.29) is 12.0 Å². The number of fused-ring (bicyclic) bond motifs is 1. The van der Waals surface area contributed by atoms with Crippen molar-refractivity contribution in [2.45, 2.75) is 30.8 Å². The van der Waals surface area contributed by atoms with Crippen LogP contribution in [0.2, 0.25) is 0 Å². The maximum atomic E-state index is 11.1. The number of rotatable bonds is 4. The fraction of sp³-hybridized carbons (Fsp3) is 0.778. The van der Waals surface area contributed by atoms with Crippen molar-refractivity contribution in [2.75, 3.05) is 0 Å². The smallest absolute Gasteiger partial charge is 0.323 e. The standard InChI is InChI=1S/C9H17NO6P2/c11-17(12,13)9(18(14,15)16)10-8-5-6-3-1-2-4-7(6)8/h1-2,6-10H,3-5H2,(H2,11,12,13)(H2,14,15,16). The Balaban J connectivity index is 2.05. The lowest BCUT2D eigenvalue weighted by Crippen LogP contribution is -2.53. The first-order chi connectivity index (χ1) is 8.19.